The molecular weight excluding hydrogens is 441 g/mol. The van der Waals surface area contributed by atoms with Crippen LogP contribution >= 0.6 is 0 Å². The van der Waals surface area contributed by atoms with E-state index in [1.807, 2.05) is 6.92 Å². The molecule has 7 heteroatoms. The van der Waals surface area contributed by atoms with Crippen LogP contribution in [-0.4, -0.2) is 29.1 Å². The number of carbonyl (C=O) groups is 1. The smallest absolute Gasteiger partial charge is 0.416 e. The molecule has 3 rings (SSSR count). The number of halogens is 3. The van der Waals surface area contributed by atoms with Crippen molar-refractivity contribution in [1.82, 2.24) is 10.2 Å². The molecule has 0 spiro atoms. The first-order valence-electron chi connectivity index (χ1n) is 11.2. The van der Waals surface area contributed by atoms with Gasteiger partial charge in [-0.3, -0.25) is 4.90 Å². The van der Waals surface area contributed by atoms with Gasteiger partial charge in [-0.15, -0.1) is 0 Å². The lowest BCUT2D eigenvalue weighted by Gasteiger charge is -2.23. The van der Waals surface area contributed by atoms with E-state index in [-0.39, 0.29) is 5.56 Å². The quantitative estimate of drug-likeness (QED) is 0.343. The van der Waals surface area contributed by atoms with Crippen molar-refractivity contribution in [2.24, 2.45) is 0 Å². The van der Waals surface area contributed by atoms with Crippen LogP contribution in [0.15, 0.2) is 72.8 Å². The lowest BCUT2D eigenvalue weighted by molar-refractivity contribution is -0.137. The van der Waals surface area contributed by atoms with E-state index in [2.05, 4.69) is 34.5 Å². The molecule has 0 atom stereocenters. The molecule has 0 aliphatic carbocycles. The van der Waals surface area contributed by atoms with E-state index >= 15 is 0 Å². The molecule has 3 aromatic carbocycles. The molecule has 0 unspecified atom stereocenters. The Morgan fingerprint density at radius 3 is 2.21 bits per heavy atom. The number of rotatable bonds is 11. The molecule has 0 aromatic heterocycles. The second kappa shape index (κ2) is 11.8. The van der Waals surface area contributed by atoms with Gasteiger partial charge in [0.2, 0.25) is 0 Å². The highest BCUT2D eigenvalue weighted by molar-refractivity contribution is 5.87. The third kappa shape index (κ3) is 8.01. The van der Waals surface area contributed by atoms with E-state index < -0.39 is 17.7 Å². The van der Waals surface area contributed by atoms with Crippen molar-refractivity contribution in [2.75, 3.05) is 13.1 Å². The molecule has 0 aliphatic rings. The second-order valence-electron chi connectivity index (χ2n) is 8.43. The summed E-state index contributed by atoms with van der Waals surface area (Å²) in [7, 11) is 0. The Kier molecular flexibility index (Phi) is 8.85. The molecule has 3 aromatic rings. The van der Waals surface area contributed by atoms with Gasteiger partial charge in [0.05, 0.1) is 11.1 Å². The Bertz CT molecular complexity index is 1060. The Labute approximate surface area is 198 Å². The summed E-state index contributed by atoms with van der Waals surface area (Å²) >= 11 is 0. The van der Waals surface area contributed by atoms with Gasteiger partial charge in [0.15, 0.2) is 0 Å². The maximum atomic E-state index is 13.1. The molecule has 0 bridgehead atoms. The molecule has 0 aliphatic heterocycles. The van der Waals surface area contributed by atoms with Crippen molar-refractivity contribution in [2.45, 2.75) is 39.2 Å². The van der Waals surface area contributed by atoms with Gasteiger partial charge in [-0.25, -0.2) is 4.79 Å². The standard InChI is InChI=1S/C27H29F3N2O2/c1-20-6-8-21(9-7-20)17-31-14-3-15-32(18-22-10-12-24(13-11-22)26(33)34)19-23-4-2-5-25(16-23)27(28,29)30/h2,4-13,16,31H,3,14-15,17-19H2,1H3,(H,33,34). The third-order valence-corrected chi connectivity index (χ3v) is 5.55. The minimum absolute atomic E-state index is 0.202. The Morgan fingerprint density at radius 1 is 0.912 bits per heavy atom. The van der Waals surface area contributed by atoms with Gasteiger partial charge in [-0.2, -0.15) is 13.2 Å². The van der Waals surface area contributed by atoms with Crippen molar-refractivity contribution in [3.05, 3.63) is 106 Å². The number of carboxylic acids is 1. The van der Waals surface area contributed by atoms with Crippen molar-refractivity contribution >= 4 is 5.97 Å². The monoisotopic (exact) mass is 470 g/mol. The van der Waals surface area contributed by atoms with Crippen LogP contribution < -0.4 is 5.32 Å². The molecular formula is C27H29F3N2O2. The predicted octanol–water partition coefficient (Wildman–Crippen LogP) is 5.89. The van der Waals surface area contributed by atoms with Gasteiger partial charge in [0.25, 0.3) is 0 Å². The first-order chi connectivity index (χ1) is 16.2. The summed E-state index contributed by atoms with van der Waals surface area (Å²) in [4.78, 5) is 13.2. The van der Waals surface area contributed by atoms with Gasteiger partial charge in [0.1, 0.15) is 0 Å². The van der Waals surface area contributed by atoms with Gasteiger partial charge >= 0.3 is 12.1 Å². The van der Waals surface area contributed by atoms with E-state index in [0.29, 0.717) is 25.2 Å². The first kappa shape index (κ1) is 25.5. The molecule has 4 nitrogen and oxygen atoms in total. The van der Waals surface area contributed by atoms with Crippen molar-refractivity contribution < 1.29 is 23.1 Å². The maximum absolute atomic E-state index is 13.1. The number of aromatic carboxylic acids is 1. The topological polar surface area (TPSA) is 52.6 Å². The minimum atomic E-state index is -4.38. The molecule has 0 heterocycles. The van der Waals surface area contributed by atoms with E-state index in [1.54, 1.807) is 30.3 Å². The van der Waals surface area contributed by atoms with E-state index in [1.165, 1.54) is 23.3 Å². The number of aryl methyl sites for hydroxylation is 1. The van der Waals surface area contributed by atoms with Crippen LogP contribution in [0, 0.1) is 6.92 Å². The van der Waals surface area contributed by atoms with E-state index in [0.717, 1.165) is 31.1 Å². The fourth-order valence-corrected chi connectivity index (χ4v) is 3.70. The highest BCUT2D eigenvalue weighted by Crippen LogP contribution is 2.29. The number of hydrogen-bond donors (Lipinski definition) is 2. The molecule has 0 saturated heterocycles. The number of benzene rings is 3. The summed E-state index contributed by atoms with van der Waals surface area (Å²) in [6.07, 6.45) is -3.56. The van der Waals surface area contributed by atoms with E-state index in [9.17, 15) is 18.0 Å². The van der Waals surface area contributed by atoms with Crippen molar-refractivity contribution in [3.63, 3.8) is 0 Å². The zero-order chi connectivity index (χ0) is 24.6. The molecule has 34 heavy (non-hydrogen) atoms. The highest BCUT2D eigenvalue weighted by atomic mass is 19.4. The first-order valence-corrected chi connectivity index (χ1v) is 11.2. The zero-order valence-corrected chi connectivity index (χ0v) is 19.1. The SMILES string of the molecule is Cc1ccc(CNCCCN(Cc2ccc(C(=O)O)cc2)Cc2cccc(C(F)(F)F)c2)cc1. The zero-order valence-electron chi connectivity index (χ0n) is 19.1. The summed E-state index contributed by atoms with van der Waals surface area (Å²) < 4.78 is 39.4. The lowest BCUT2D eigenvalue weighted by atomic mass is 10.1. The van der Waals surface area contributed by atoms with Crippen LogP contribution in [0.4, 0.5) is 13.2 Å². The number of alkyl halides is 3. The normalized spacial score (nSPS) is 11.7. The summed E-state index contributed by atoms with van der Waals surface area (Å²) in [5.41, 5.74) is 3.45. The Morgan fingerprint density at radius 2 is 1.56 bits per heavy atom. The predicted molar refractivity (Wildman–Crippen MR) is 126 cm³/mol. The van der Waals surface area contributed by atoms with Crippen molar-refractivity contribution in [1.29, 1.82) is 0 Å². The van der Waals surface area contributed by atoms with Crippen LogP contribution in [0.3, 0.4) is 0 Å². The molecule has 0 saturated carbocycles. The lowest BCUT2D eigenvalue weighted by Crippen LogP contribution is -2.27. The fourth-order valence-electron chi connectivity index (χ4n) is 3.70. The Hall–Kier alpha value is -3.16. The molecule has 2 N–H and O–H groups in total. The van der Waals surface area contributed by atoms with Gasteiger partial charge < -0.3 is 10.4 Å². The Balaban J connectivity index is 1.62. The summed E-state index contributed by atoms with van der Waals surface area (Å²) in [6.45, 7) is 5.12. The van der Waals surface area contributed by atoms with Gasteiger partial charge in [-0.05, 0) is 54.8 Å². The minimum Gasteiger partial charge on any atom is -0.478 e. The van der Waals surface area contributed by atoms with Crippen LogP contribution in [0.25, 0.3) is 0 Å². The highest BCUT2D eigenvalue weighted by Gasteiger charge is 2.30. The van der Waals surface area contributed by atoms with Gasteiger partial charge in [0, 0.05) is 26.2 Å². The van der Waals surface area contributed by atoms with Gasteiger partial charge in [-0.1, -0.05) is 60.2 Å². The van der Waals surface area contributed by atoms with Crippen LogP contribution in [0.5, 0.6) is 0 Å². The van der Waals surface area contributed by atoms with E-state index in [4.69, 9.17) is 5.11 Å². The molecule has 0 radical (unpaired) electrons. The van der Waals surface area contributed by atoms with Crippen LogP contribution in [0.1, 0.15) is 44.6 Å². The third-order valence-electron chi connectivity index (χ3n) is 5.55. The molecule has 0 fully saturated rings. The second-order valence-corrected chi connectivity index (χ2v) is 8.43. The van der Waals surface area contributed by atoms with Crippen LogP contribution in [-0.2, 0) is 25.8 Å². The largest absolute Gasteiger partial charge is 0.478 e. The number of carboxylic acid groups (broad SMARTS) is 1. The summed E-state index contributed by atoms with van der Waals surface area (Å²) in [6, 6.07) is 20.3. The van der Waals surface area contributed by atoms with Crippen molar-refractivity contribution in [3.8, 4) is 0 Å². The molecule has 0 amide bonds. The summed E-state index contributed by atoms with van der Waals surface area (Å²) in [5, 5.41) is 12.5. The average Bonchev–Trinajstić information content (AvgIpc) is 2.80. The number of hydrogen-bond acceptors (Lipinski definition) is 3. The number of nitrogens with zero attached hydrogens (tertiary/aromatic N) is 1. The number of nitrogens with one attached hydrogen (secondary N) is 1. The summed E-state index contributed by atoms with van der Waals surface area (Å²) in [5.74, 6) is -0.993. The van der Waals surface area contributed by atoms with Crippen LogP contribution in [0.2, 0.25) is 0 Å². The maximum Gasteiger partial charge on any atom is 0.416 e. The fraction of sp³-hybridized carbons (Fsp3) is 0.296. The molecule has 180 valence electrons. The average molecular weight is 471 g/mol.